The van der Waals surface area contributed by atoms with Crippen LogP contribution in [-0.4, -0.2) is 48.4 Å². The molecule has 6 nitrogen and oxygen atoms in total. The lowest BCUT2D eigenvalue weighted by Crippen LogP contribution is -2.46. The van der Waals surface area contributed by atoms with E-state index in [0.717, 1.165) is 25.5 Å². The number of nitrogens with zero attached hydrogens (tertiary/aromatic N) is 3. The molecule has 0 saturated heterocycles. The molecule has 0 fully saturated rings. The lowest BCUT2D eigenvalue weighted by molar-refractivity contribution is 0.0954. The van der Waals surface area contributed by atoms with Crippen molar-refractivity contribution in [3.05, 3.63) is 65.5 Å². The van der Waals surface area contributed by atoms with Gasteiger partial charge in [-0.2, -0.15) is 0 Å². The van der Waals surface area contributed by atoms with Crippen LogP contribution in [0.1, 0.15) is 21.5 Å². The summed E-state index contributed by atoms with van der Waals surface area (Å²) in [5.74, 6) is 0.752. The quantitative estimate of drug-likeness (QED) is 0.503. The summed E-state index contributed by atoms with van der Waals surface area (Å²) in [7, 11) is 1.79. The Bertz CT molecular complexity index is 744. The zero-order chi connectivity index (χ0) is 17.5. The number of carbonyl (C=O) groups excluding carboxylic acids is 1. The fourth-order valence-electron chi connectivity index (χ4n) is 2.96. The number of pyridine rings is 1. The van der Waals surface area contributed by atoms with E-state index in [4.69, 9.17) is 0 Å². The van der Waals surface area contributed by atoms with Gasteiger partial charge in [0, 0.05) is 45.6 Å². The Morgan fingerprint density at radius 1 is 1.16 bits per heavy atom. The summed E-state index contributed by atoms with van der Waals surface area (Å²) in [4.78, 5) is 22.5. The molecular weight excluding hydrogens is 314 g/mol. The minimum absolute atomic E-state index is 0.114. The van der Waals surface area contributed by atoms with Crippen molar-refractivity contribution in [2.45, 2.75) is 13.0 Å². The van der Waals surface area contributed by atoms with Crippen molar-refractivity contribution >= 4 is 11.9 Å². The van der Waals surface area contributed by atoms with Crippen LogP contribution in [0.5, 0.6) is 0 Å². The average Bonchev–Trinajstić information content (AvgIpc) is 2.68. The summed E-state index contributed by atoms with van der Waals surface area (Å²) in [6.07, 6.45) is 4.24. The smallest absolute Gasteiger partial charge is 0.252 e. The third-order valence-electron chi connectivity index (χ3n) is 4.26. The van der Waals surface area contributed by atoms with Crippen LogP contribution in [0, 0.1) is 0 Å². The highest BCUT2D eigenvalue weighted by Crippen LogP contribution is 2.18. The van der Waals surface area contributed by atoms with E-state index in [2.05, 4.69) is 49.8 Å². The largest absolute Gasteiger partial charge is 0.354 e. The number of carbonyl (C=O) groups is 1. The van der Waals surface area contributed by atoms with Gasteiger partial charge in [-0.05, 0) is 29.7 Å². The average molecular weight is 337 g/mol. The molecule has 0 atom stereocenters. The number of amides is 1. The molecular formula is C19H23N5O. The number of guanidine groups is 1. The number of fused-ring (bicyclic) bond motifs is 1. The second-order valence-corrected chi connectivity index (χ2v) is 5.91. The SMILES string of the molecule is CN=C(NCCNC(=O)c1cccnc1)N1CCc2ccccc2C1. The van der Waals surface area contributed by atoms with Gasteiger partial charge >= 0.3 is 0 Å². The molecule has 1 aromatic heterocycles. The Morgan fingerprint density at radius 3 is 2.72 bits per heavy atom. The van der Waals surface area contributed by atoms with Gasteiger partial charge in [0.2, 0.25) is 0 Å². The Kier molecular flexibility index (Phi) is 5.61. The molecule has 3 rings (SSSR count). The minimum Gasteiger partial charge on any atom is -0.354 e. The molecule has 0 saturated carbocycles. The summed E-state index contributed by atoms with van der Waals surface area (Å²) >= 11 is 0. The van der Waals surface area contributed by atoms with Crippen molar-refractivity contribution in [3.63, 3.8) is 0 Å². The maximum atomic E-state index is 12.0. The van der Waals surface area contributed by atoms with Crippen molar-refractivity contribution in [2.24, 2.45) is 4.99 Å². The number of hydrogen-bond acceptors (Lipinski definition) is 3. The van der Waals surface area contributed by atoms with E-state index in [-0.39, 0.29) is 5.91 Å². The predicted octanol–water partition coefficient (Wildman–Crippen LogP) is 1.45. The Morgan fingerprint density at radius 2 is 1.96 bits per heavy atom. The van der Waals surface area contributed by atoms with Crippen LogP contribution in [0.2, 0.25) is 0 Å². The first kappa shape index (κ1) is 17.0. The van der Waals surface area contributed by atoms with E-state index < -0.39 is 0 Å². The van der Waals surface area contributed by atoms with Crippen LogP contribution in [0.25, 0.3) is 0 Å². The number of aromatic nitrogens is 1. The molecule has 1 amide bonds. The van der Waals surface area contributed by atoms with Crippen LogP contribution in [0.3, 0.4) is 0 Å². The van der Waals surface area contributed by atoms with E-state index >= 15 is 0 Å². The maximum Gasteiger partial charge on any atom is 0.252 e. The zero-order valence-electron chi connectivity index (χ0n) is 14.4. The lowest BCUT2D eigenvalue weighted by atomic mass is 10.0. The molecule has 0 spiro atoms. The van der Waals surface area contributed by atoms with Crippen molar-refractivity contribution in [2.75, 3.05) is 26.7 Å². The number of benzene rings is 1. The molecule has 0 aliphatic carbocycles. The first-order valence-electron chi connectivity index (χ1n) is 8.48. The topological polar surface area (TPSA) is 69.6 Å². The molecule has 1 aliphatic heterocycles. The lowest BCUT2D eigenvalue weighted by Gasteiger charge is -2.31. The van der Waals surface area contributed by atoms with Gasteiger partial charge in [-0.25, -0.2) is 0 Å². The van der Waals surface area contributed by atoms with Crippen LogP contribution >= 0.6 is 0 Å². The van der Waals surface area contributed by atoms with Crippen molar-refractivity contribution < 1.29 is 4.79 Å². The number of hydrogen-bond donors (Lipinski definition) is 2. The van der Waals surface area contributed by atoms with E-state index in [9.17, 15) is 4.79 Å². The highest BCUT2D eigenvalue weighted by molar-refractivity contribution is 5.93. The fourth-order valence-corrected chi connectivity index (χ4v) is 2.96. The molecule has 6 heteroatoms. The van der Waals surface area contributed by atoms with Crippen molar-refractivity contribution in [3.8, 4) is 0 Å². The predicted molar refractivity (Wildman–Crippen MR) is 98.5 cm³/mol. The van der Waals surface area contributed by atoms with Crippen LogP contribution in [0.4, 0.5) is 0 Å². The van der Waals surface area contributed by atoms with Gasteiger partial charge < -0.3 is 15.5 Å². The van der Waals surface area contributed by atoms with Gasteiger partial charge in [0.25, 0.3) is 5.91 Å². The van der Waals surface area contributed by atoms with E-state index in [1.54, 1.807) is 31.6 Å². The van der Waals surface area contributed by atoms with Gasteiger partial charge in [-0.15, -0.1) is 0 Å². The molecule has 130 valence electrons. The second kappa shape index (κ2) is 8.28. The fraction of sp³-hybridized carbons (Fsp3) is 0.316. The van der Waals surface area contributed by atoms with Crippen molar-refractivity contribution in [1.82, 2.24) is 20.5 Å². The normalized spacial score (nSPS) is 14.0. The maximum absolute atomic E-state index is 12.0. The first-order chi connectivity index (χ1) is 12.3. The van der Waals surface area contributed by atoms with Gasteiger partial charge in [-0.1, -0.05) is 24.3 Å². The van der Waals surface area contributed by atoms with Gasteiger partial charge in [0.05, 0.1) is 5.56 Å². The third kappa shape index (κ3) is 4.35. The van der Waals surface area contributed by atoms with E-state index in [1.807, 2.05) is 0 Å². The van der Waals surface area contributed by atoms with Gasteiger partial charge in [0.15, 0.2) is 5.96 Å². The number of nitrogens with one attached hydrogen (secondary N) is 2. The molecule has 0 unspecified atom stereocenters. The van der Waals surface area contributed by atoms with Crippen LogP contribution < -0.4 is 10.6 Å². The minimum atomic E-state index is -0.114. The molecule has 1 aliphatic rings. The molecule has 2 heterocycles. The van der Waals surface area contributed by atoms with Crippen LogP contribution in [-0.2, 0) is 13.0 Å². The molecule has 0 radical (unpaired) electrons. The zero-order valence-corrected chi connectivity index (χ0v) is 14.4. The molecule has 2 N–H and O–H groups in total. The molecule has 1 aromatic carbocycles. The monoisotopic (exact) mass is 337 g/mol. The van der Waals surface area contributed by atoms with Crippen LogP contribution in [0.15, 0.2) is 53.8 Å². The number of aliphatic imine (C=N–C) groups is 1. The summed E-state index contributed by atoms with van der Waals surface area (Å²) in [5, 5.41) is 6.20. The Balaban J connectivity index is 1.47. The third-order valence-corrected chi connectivity index (χ3v) is 4.26. The highest BCUT2D eigenvalue weighted by atomic mass is 16.1. The standard InChI is InChI=1S/C19H23N5O/c1-20-19(24-12-8-15-5-2-3-6-17(15)14-24)23-11-10-22-18(25)16-7-4-9-21-13-16/h2-7,9,13H,8,10-12,14H2,1H3,(H,20,23)(H,22,25). The Hall–Kier alpha value is -2.89. The summed E-state index contributed by atoms with van der Waals surface area (Å²) in [6.45, 7) is 2.95. The van der Waals surface area contributed by atoms with E-state index in [0.29, 0.717) is 18.7 Å². The summed E-state index contributed by atoms with van der Waals surface area (Å²) in [5.41, 5.74) is 3.33. The van der Waals surface area contributed by atoms with Gasteiger partial charge in [-0.3, -0.25) is 14.8 Å². The van der Waals surface area contributed by atoms with Crippen molar-refractivity contribution in [1.29, 1.82) is 0 Å². The number of rotatable bonds is 4. The molecule has 2 aromatic rings. The Labute approximate surface area is 148 Å². The summed E-state index contributed by atoms with van der Waals surface area (Å²) < 4.78 is 0. The second-order valence-electron chi connectivity index (χ2n) is 5.91. The van der Waals surface area contributed by atoms with Gasteiger partial charge in [0.1, 0.15) is 0 Å². The molecule has 0 bridgehead atoms. The van der Waals surface area contributed by atoms with E-state index in [1.165, 1.54) is 11.1 Å². The summed E-state index contributed by atoms with van der Waals surface area (Å²) in [6, 6.07) is 12.0. The first-order valence-corrected chi connectivity index (χ1v) is 8.48. The highest BCUT2D eigenvalue weighted by Gasteiger charge is 2.18. The molecule has 25 heavy (non-hydrogen) atoms.